The van der Waals surface area contributed by atoms with E-state index in [-0.39, 0.29) is 11.9 Å². The number of carbonyl (C=O) groups is 1. The number of para-hydroxylation sites is 2. The van der Waals surface area contributed by atoms with Gasteiger partial charge in [-0.05, 0) is 42.9 Å². The molecule has 1 N–H and O–H groups in total. The average molecular weight is 410 g/mol. The van der Waals surface area contributed by atoms with Gasteiger partial charge in [0, 0.05) is 25.5 Å². The summed E-state index contributed by atoms with van der Waals surface area (Å²) in [6, 6.07) is 9.80. The highest BCUT2D eigenvalue weighted by atomic mass is 32.2. The Morgan fingerprint density at radius 2 is 1.83 bits per heavy atom. The molecule has 1 aliphatic carbocycles. The fourth-order valence-electron chi connectivity index (χ4n) is 4.73. The number of aliphatic hydroxyl groups excluding tert-OH is 1. The molecule has 5 rings (SSSR count). The van der Waals surface area contributed by atoms with Gasteiger partial charge in [0.1, 0.15) is 0 Å². The maximum absolute atomic E-state index is 12.7. The molecule has 2 fully saturated rings. The van der Waals surface area contributed by atoms with E-state index in [9.17, 15) is 9.90 Å². The predicted octanol–water partition coefficient (Wildman–Crippen LogP) is 2.39. The molecule has 0 unspecified atom stereocenters. The first kappa shape index (κ1) is 18.6. The van der Waals surface area contributed by atoms with Gasteiger partial charge in [0.05, 0.1) is 35.3 Å². The SMILES string of the molecule is O=C(CSc1ncccn1)N1C[C@H]2C[C@@H](n3cnc4ccccc43)[C@H](O)C[C@H]2C1. The molecule has 0 spiro atoms. The van der Waals surface area contributed by atoms with Crippen LogP contribution >= 0.6 is 11.8 Å². The summed E-state index contributed by atoms with van der Waals surface area (Å²) in [5.41, 5.74) is 2.00. The molecule has 3 aromatic rings. The molecule has 2 aliphatic rings. The number of hydrogen-bond acceptors (Lipinski definition) is 6. The molecule has 0 bridgehead atoms. The van der Waals surface area contributed by atoms with E-state index < -0.39 is 6.10 Å². The van der Waals surface area contributed by atoms with Crippen LogP contribution in [0.2, 0.25) is 0 Å². The van der Waals surface area contributed by atoms with Gasteiger partial charge in [-0.1, -0.05) is 23.9 Å². The first-order chi connectivity index (χ1) is 14.2. The Morgan fingerprint density at radius 1 is 1.07 bits per heavy atom. The molecule has 2 aromatic heterocycles. The molecule has 1 aliphatic heterocycles. The minimum Gasteiger partial charge on any atom is -0.391 e. The largest absolute Gasteiger partial charge is 0.391 e. The third-order valence-corrected chi connectivity index (χ3v) is 7.03. The van der Waals surface area contributed by atoms with Gasteiger partial charge in [-0.25, -0.2) is 15.0 Å². The number of hydrogen-bond donors (Lipinski definition) is 1. The van der Waals surface area contributed by atoms with Crippen LogP contribution in [0, 0.1) is 11.8 Å². The first-order valence-electron chi connectivity index (χ1n) is 9.96. The number of aromatic nitrogens is 4. The van der Waals surface area contributed by atoms with E-state index in [2.05, 4.69) is 25.6 Å². The smallest absolute Gasteiger partial charge is 0.233 e. The van der Waals surface area contributed by atoms with Gasteiger partial charge < -0.3 is 14.6 Å². The predicted molar refractivity (Wildman–Crippen MR) is 110 cm³/mol. The molecule has 8 heteroatoms. The Morgan fingerprint density at radius 3 is 2.66 bits per heavy atom. The van der Waals surface area contributed by atoms with Gasteiger partial charge in [-0.3, -0.25) is 4.79 Å². The zero-order valence-corrected chi connectivity index (χ0v) is 16.8. The first-order valence-corrected chi connectivity index (χ1v) is 10.9. The number of benzene rings is 1. The second-order valence-corrected chi connectivity index (χ2v) is 8.83. The molecule has 1 saturated heterocycles. The molecule has 29 heavy (non-hydrogen) atoms. The van der Waals surface area contributed by atoms with Crippen molar-refractivity contribution >= 4 is 28.7 Å². The summed E-state index contributed by atoms with van der Waals surface area (Å²) in [5.74, 6) is 1.24. The summed E-state index contributed by atoms with van der Waals surface area (Å²) in [6.45, 7) is 1.49. The van der Waals surface area contributed by atoms with E-state index in [1.54, 1.807) is 18.5 Å². The number of amides is 1. The van der Waals surface area contributed by atoms with Crippen LogP contribution in [0.4, 0.5) is 0 Å². The second-order valence-electron chi connectivity index (χ2n) is 7.89. The molecule has 150 valence electrons. The Hall–Kier alpha value is -2.45. The van der Waals surface area contributed by atoms with E-state index in [1.807, 2.05) is 29.4 Å². The van der Waals surface area contributed by atoms with Crippen LogP contribution in [0.25, 0.3) is 11.0 Å². The number of thioether (sulfide) groups is 1. The standard InChI is InChI=1S/C21H23N5O2S/c27-19-9-15-11-25(20(28)12-29-21-22-6-3-7-23-21)10-14(15)8-18(19)26-13-24-16-4-1-2-5-17(16)26/h1-7,13-15,18-19,27H,8-12H2/t14-,15+,18-,19-/m1/s1. The van der Waals surface area contributed by atoms with Gasteiger partial charge in [-0.2, -0.15) is 0 Å². The molecular weight excluding hydrogens is 386 g/mol. The lowest BCUT2D eigenvalue weighted by Gasteiger charge is -2.36. The van der Waals surface area contributed by atoms with E-state index in [4.69, 9.17) is 0 Å². The van der Waals surface area contributed by atoms with Crippen LogP contribution in [-0.4, -0.2) is 60.4 Å². The van der Waals surface area contributed by atoms with E-state index in [0.29, 0.717) is 22.7 Å². The van der Waals surface area contributed by atoms with Crippen LogP contribution in [0.1, 0.15) is 18.9 Å². The van der Waals surface area contributed by atoms with Crippen molar-refractivity contribution in [3.05, 3.63) is 49.1 Å². The summed E-state index contributed by atoms with van der Waals surface area (Å²) in [4.78, 5) is 27.5. The third kappa shape index (κ3) is 3.62. The summed E-state index contributed by atoms with van der Waals surface area (Å²) < 4.78 is 2.11. The monoisotopic (exact) mass is 409 g/mol. The number of imidazole rings is 1. The van der Waals surface area contributed by atoms with Gasteiger partial charge in [0.25, 0.3) is 0 Å². The van der Waals surface area contributed by atoms with Crippen molar-refractivity contribution in [2.75, 3.05) is 18.8 Å². The normalized spacial score (nSPS) is 26.6. The molecule has 1 aromatic carbocycles. The lowest BCUT2D eigenvalue weighted by atomic mass is 9.77. The van der Waals surface area contributed by atoms with Crippen LogP contribution in [-0.2, 0) is 4.79 Å². The van der Waals surface area contributed by atoms with Gasteiger partial charge in [0.15, 0.2) is 5.16 Å². The number of aliphatic hydroxyl groups is 1. The maximum atomic E-state index is 12.7. The van der Waals surface area contributed by atoms with Crippen molar-refractivity contribution in [3.8, 4) is 0 Å². The maximum Gasteiger partial charge on any atom is 0.233 e. The Balaban J connectivity index is 1.26. The highest BCUT2D eigenvalue weighted by molar-refractivity contribution is 7.99. The minimum absolute atomic E-state index is 0.00537. The zero-order valence-electron chi connectivity index (χ0n) is 16.0. The molecule has 1 saturated carbocycles. The molecule has 1 amide bonds. The molecular formula is C21H23N5O2S. The van der Waals surface area contributed by atoms with Crippen molar-refractivity contribution in [2.45, 2.75) is 30.1 Å². The zero-order chi connectivity index (χ0) is 19.8. The Bertz CT molecular complexity index is 1010. The quantitative estimate of drug-likeness (QED) is 0.526. The van der Waals surface area contributed by atoms with E-state index in [0.717, 1.165) is 37.0 Å². The summed E-state index contributed by atoms with van der Waals surface area (Å²) in [6.07, 6.45) is 6.38. The van der Waals surface area contributed by atoms with Gasteiger partial charge in [-0.15, -0.1) is 0 Å². The van der Waals surface area contributed by atoms with Crippen molar-refractivity contribution in [3.63, 3.8) is 0 Å². The molecule has 7 nitrogen and oxygen atoms in total. The summed E-state index contributed by atoms with van der Waals surface area (Å²) in [5, 5.41) is 11.5. The summed E-state index contributed by atoms with van der Waals surface area (Å²) >= 11 is 1.37. The number of fused-ring (bicyclic) bond motifs is 2. The number of nitrogens with zero attached hydrogens (tertiary/aromatic N) is 5. The molecule has 4 atom stereocenters. The van der Waals surface area contributed by atoms with E-state index in [1.165, 1.54) is 11.8 Å². The average Bonchev–Trinajstić information content (AvgIpc) is 3.36. The van der Waals surface area contributed by atoms with Crippen molar-refractivity contribution in [2.24, 2.45) is 11.8 Å². The minimum atomic E-state index is -0.420. The lowest BCUT2D eigenvalue weighted by molar-refractivity contribution is -0.127. The number of likely N-dealkylation sites (tertiary alicyclic amines) is 1. The highest BCUT2D eigenvalue weighted by Gasteiger charge is 2.43. The number of carbonyl (C=O) groups excluding carboxylic acids is 1. The summed E-state index contributed by atoms with van der Waals surface area (Å²) in [7, 11) is 0. The fourth-order valence-corrected chi connectivity index (χ4v) is 5.44. The van der Waals surface area contributed by atoms with Crippen LogP contribution in [0.5, 0.6) is 0 Å². The third-order valence-electron chi connectivity index (χ3n) is 6.17. The Labute approximate surface area is 173 Å². The fraction of sp³-hybridized carbons (Fsp3) is 0.429. The molecule has 0 radical (unpaired) electrons. The Kier molecular flexibility index (Phi) is 4.97. The highest BCUT2D eigenvalue weighted by Crippen LogP contribution is 2.42. The topological polar surface area (TPSA) is 84.1 Å². The molecule has 3 heterocycles. The lowest BCUT2D eigenvalue weighted by Crippen LogP contribution is -2.36. The van der Waals surface area contributed by atoms with Gasteiger partial charge >= 0.3 is 0 Å². The van der Waals surface area contributed by atoms with Crippen LogP contribution in [0.15, 0.2) is 54.2 Å². The van der Waals surface area contributed by atoms with Crippen molar-refractivity contribution in [1.82, 2.24) is 24.4 Å². The van der Waals surface area contributed by atoms with Crippen molar-refractivity contribution < 1.29 is 9.90 Å². The van der Waals surface area contributed by atoms with Gasteiger partial charge in [0.2, 0.25) is 5.91 Å². The van der Waals surface area contributed by atoms with E-state index >= 15 is 0 Å². The second kappa shape index (κ2) is 7.76. The number of rotatable bonds is 4. The van der Waals surface area contributed by atoms with Crippen LogP contribution < -0.4 is 0 Å². The van der Waals surface area contributed by atoms with Crippen LogP contribution in [0.3, 0.4) is 0 Å². The van der Waals surface area contributed by atoms with Crippen molar-refractivity contribution in [1.29, 1.82) is 0 Å².